The smallest absolute Gasteiger partial charge is 0.268 e. The molecule has 7 nitrogen and oxygen atoms in total. The van der Waals surface area contributed by atoms with Crippen LogP contribution >= 0.6 is 24.8 Å². The molecule has 0 aromatic carbocycles. The molecule has 1 amide bonds. The molecule has 0 saturated heterocycles. The highest BCUT2D eigenvalue weighted by molar-refractivity contribution is 5.93. The third-order valence-electron chi connectivity index (χ3n) is 2.39. The number of nitrogens with two attached hydrogens (primary N) is 2. The minimum Gasteiger partial charge on any atom is -0.397 e. The highest BCUT2D eigenvalue weighted by Gasteiger charge is 2.09. The molecule has 0 saturated carbocycles. The normalized spacial score (nSPS) is 10.2. The number of guanidine groups is 1. The van der Waals surface area contributed by atoms with Crippen molar-refractivity contribution in [1.29, 1.82) is 0 Å². The highest BCUT2D eigenvalue weighted by atomic mass is 35.5. The summed E-state index contributed by atoms with van der Waals surface area (Å²) in [6, 6.07) is 1.63. The first-order valence-electron chi connectivity index (χ1n) is 5.59. The molecular formula is C11H22Cl2N6O. The van der Waals surface area contributed by atoms with Gasteiger partial charge in [0.25, 0.3) is 5.91 Å². The van der Waals surface area contributed by atoms with Gasteiger partial charge in [-0.15, -0.1) is 24.8 Å². The number of carbonyl (C=O) groups is 1. The van der Waals surface area contributed by atoms with Crippen molar-refractivity contribution in [2.45, 2.75) is 0 Å². The number of aliphatic imine (C=N–C) groups is 1. The Morgan fingerprint density at radius 3 is 2.50 bits per heavy atom. The lowest BCUT2D eigenvalue weighted by atomic mass is 10.4. The van der Waals surface area contributed by atoms with Crippen molar-refractivity contribution in [2.75, 3.05) is 32.9 Å². The van der Waals surface area contributed by atoms with Crippen LogP contribution in [0.5, 0.6) is 0 Å². The maximum absolute atomic E-state index is 11.8. The molecule has 1 aromatic rings. The fourth-order valence-corrected chi connectivity index (χ4v) is 1.39. The molecule has 0 radical (unpaired) electrons. The summed E-state index contributed by atoms with van der Waals surface area (Å²) in [5, 5.41) is 2.75. The van der Waals surface area contributed by atoms with Crippen LogP contribution in [0.4, 0.5) is 5.69 Å². The lowest BCUT2D eigenvalue weighted by Crippen LogP contribution is -2.32. The maximum Gasteiger partial charge on any atom is 0.268 e. The van der Waals surface area contributed by atoms with Crippen molar-refractivity contribution < 1.29 is 4.79 Å². The average Bonchev–Trinajstić information content (AvgIpc) is 2.63. The quantitative estimate of drug-likeness (QED) is 0.414. The Hall–Kier alpha value is -1.60. The Morgan fingerprint density at radius 2 is 2.05 bits per heavy atom. The second-order valence-electron chi connectivity index (χ2n) is 4.16. The summed E-state index contributed by atoms with van der Waals surface area (Å²) in [7, 11) is 5.39. The number of anilines is 1. The van der Waals surface area contributed by atoms with Crippen molar-refractivity contribution in [3.63, 3.8) is 0 Å². The van der Waals surface area contributed by atoms with E-state index >= 15 is 0 Å². The first kappa shape index (κ1) is 20.7. The fraction of sp³-hybridized carbons (Fsp3) is 0.455. The summed E-state index contributed by atoms with van der Waals surface area (Å²) in [5.74, 6) is 0.264. The minimum atomic E-state index is -0.173. The Morgan fingerprint density at radius 1 is 1.45 bits per heavy atom. The van der Waals surface area contributed by atoms with Gasteiger partial charge in [-0.3, -0.25) is 9.79 Å². The summed E-state index contributed by atoms with van der Waals surface area (Å²) < 4.78 is 1.68. The van der Waals surface area contributed by atoms with Crippen molar-refractivity contribution in [3.05, 3.63) is 18.0 Å². The number of amides is 1. The van der Waals surface area contributed by atoms with Gasteiger partial charge in [0.2, 0.25) is 0 Å². The number of halogens is 2. The third-order valence-corrected chi connectivity index (χ3v) is 2.39. The molecule has 0 aliphatic rings. The highest BCUT2D eigenvalue weighted by Crippen LogP contribution is 2.07. The van der Waals surface area contributed by atoms with Crippen LogP contribution < -0.4 is 16.8 Å². The molecule has 1 heterocycles. The number of aromatic nitrogens is 1. The molecule has 20 heavy (non-hydrogen) atoms. The Bertz CT molecular complexity index is 458. The monoisotopic (exact) mass is 324 g/mol. The van der Waals surface area contributed by atoms with Gasteiger partial charge in [0.05, 0.1) is 12.2 Å². The number of hydrogen-bond acceptors (Lipinski definition) is 3. The lowest BCUT2D eigenvalue weighted by molar-refractivity contribution is 0.0946. The van der Waals surface area contributed by atoms with Crippen molar-refractivity contribution >= 4 is 42.4 Å². The van der Waals surface area contributed by atoms with E-state index in [1.54, 1.807) is 28.8 Å². The van der Waals surface area contributed by atoms with Crippen LogP contribution in [0.3, 0.4) is 0 Å². The van der Waals surface area contributed by atoms with E-state index in [1.165, 1.54) is 0 Å². The lowest BCUT2D eigenvalue weighted by Gasteiger charge is -2.10. The third kappa shape index (κ3) is 6.03. The Kier molecular flexibility index (Phi) is 9.66. The number of nitrogen functional groups attached to an aromatic ring is 1. The summed E-state index contributed by atoms with van der Waals surface area (Å²) in [5.41, 5.74) is 12.3. The van der Waals surface area contributed by atoms with Gasteiger partial charge in [0, 0.05) is 33.9 Å². The van der Waals surface area contributed by atoms with Crippen molar-refractivity contribution in [1.82, 2.24) is 14.8 Å². The summed E-state index contributed by atoms with van der Waals surface area (Å²) in [4.78, 5) is 17.6. The SMILES string of the molecule is CN(C)C(N)=NCCNC(=O)c1cc(N)cn1C.Cl.Cl. The molecule has 0 aliphatic heterocycles. The Balaban J connectivity index is 0. The zero-order chi connectivity index (χ0) is 13.7. The van der Waals surface area contributed by atoms with Crippen molar-refractivity contribution in [3.8, 4) is 0 Å². The summed E-state index contributed by atoms with van der Waals surface area (Å²) in [6.07, 6.45) is 1.69. The number of hydrogen-bond donors (Lipinski definition) is 3. The van der Waals surface area contributed by atoms with Crippen LogP contribution in [0, 0.1) is 0 Å². The van der Waals surface area contributed by atoms with E-state index in [4.69, 9.17) is 11.5 Å². The van der Waals surface area contributed by atoms with E-state index in [1.807, 2.05) is 14.1 Å². The first-order valence-corrected chi connectivity index (χ1v) is 5.59. The van der Waals surface area contributed by atoms with E-state index < -0.39 is 0 Å². The second-order valence-corrected chi connectivity index (χ2v) is 4.16. The van der Waals surface area contributed by atoms with Crippen LogP contribution in [0.1, 0.15) is 10.5 Å². The van der Waals surface area contributed by atoms with E-state index in [0.29, 0.717) is 30.4 Å². The molecular weight excluding hydrogens is 303 g/mol. The topological polar surface area (TPSA) is 102 Å². The zero-order valence-corrected chi connectivity index (χ0v) is 13.4. The molecule has 116 valence electrons. The second kappa shape index (κ2) is 9.33. The van der Waals surface area contributed by atoms with Gasteiger partial charge in [-0.25, -0.2) is 0 Å². The van der Waals surface area contributed by atoms with Gasteiger partial charge in [-0.1, -0.05) is 0 Å². The fourth-order valence-electron chi connectivity index (χ4n) is 1.39. The van der Waals surface area contributed by atoms with Crippen molar-refractivity contribution in [2.24, 2.45) is 17.8 Å². The predicted molar refractivity (Wildman–Crippen MR) is 86.8 cm³/mol. The largest absolute Gasteiger partial charge is 0.397 e. The summed E-state index contributed by atoms with van der Waals surface area (Å²) in [6.45, 7) is 0.869. The molecule has 0 fully saturated rings. The zero-order valence-electron chi connectivity index (χ0n) is 11.8. The van der Waals surface area contributed by atoms with Gasteiger partial charge in [-0.05, 0) is 6.07 Å². The molecule has 0 aliphatic carbocycles. The number of nitrogens with zero attached hydrogens (tertiary/aromatic N) is 3. The van der Waals surface area contributed by atoms with Gasteiger partial charge in [0.1, 0.15) is 5.69 Å². The maximum atomic E-state index is 11.8. The van der Waals surface area contributed by atoms with E-state index in [-0.39, 0.29) is 30.7 Å². The molecule has 0 unspecified atom stereocenters. The number of carbonyl (C=O) groups excluding carboxylic acids is 1. The molecule has 1 rings (SSSR count). The van der Waals surface area contributed by atoms with Gasteiger partial charge in [-0.2, -0.15) is 0 Å². The van der Waals surface area contributed by atoms with Gasteiger partial charge < -0.3 is 26.3 Å². The molecule has 0 atom stereocenters. The molecule has 0 bridgehead atoms. The Labute approximate surface area is 131 Å². The average molecular weight is 325 g/mol. The van der Waals surface area contributed by atoms with E-state index in [2.05, 4.69) is 10.3 Å². The van der Waals surface area contributed by atoms with Gasteiger partial charge in [0.15, 0.2) is 5.96 Å². The number of rotatable bonds is 4. The van der Waals surface area contributed by atoms with E-state index in [0.717, 1.165) is 0 Å². The standard InChI is InChI=1S/C11H20N6O.2ClH/c1-16(2)11(13)15-5-4-14-10(18)9-6-8(12)7-17(9)3;;/h6-7H,4-5,12H2,1-3H3,(H2,13,15)(H,14,18);2*1H. The molecule has 0 spiro atoms. The molecule has 1 aromatic heterocycles. The van der Waals surface area contributed by atoms with Crippen LogP contribution in [-0.2, 0) is 7.05 Å². The van der Waals surface area contributed by atoms with Crippen LogP contribution in [-0.4, -0.2) is 48.5 Å². The molecule has 9 heteroatoms. The molecule has 5 N–H and O–H groups in total. The predicted octanol–water partition coefficient (Wildman–Crippen LogP) is 0.0570. The van der Waals surface area contributed by atoms with Crippen LogP contribution in [0.25, 0.3) is 0 Å². The van der Waals surface area contributed by atoms with Crippen LogP contribution in [0.15, 0.2) is 17.3 Å². The first-order chi connectivity index (χ1) is 8.41. The number of nitrogens with one attached hydrogen (secondary N) is 1. The van der Waals surface area contributed by atoms with Gasteiger partial charge >= 0.3 is 0 Å². The van der Waals surface area contributed by atoms with Crippen LogP contribution in [0.2, 0.25) is 0 Å². The summed E-state index contributed by atoms with van der Waals surface area (Å²) >= 11 is 0. The minimum absolute atomic E-state index is 0. The van der Waals surface area contributed by atoms with E-state index in [9.17, 15) is 4.79 Å². The number of aryl methyl sites for hydroxylation is 1.